The summed E-state index contributed by atoms with van der Waals surface area (Å²) in [5.41, 5.74) is 3.77. The maximum Gasteiger partial charge on any atom is 0.340 e. The number of hydrogen-bond donors (Lipinski definition) is 0. The second kappa shape index (κ2) is 6.80. The molecule has 5 heteroatoms. The molecular weight excluding hydrogens is 326 g/mol. The van der Waals surface area contributed by atoms with E-state index in [4.69, 9.17) is 4.74 Å². The molecule has 0 saturated heterocycles. The van der Waals surface area contributed by atoms with Gasteiger partial charge in [0.15, 0.2) is 5.65 Å². The molecule has 2 heterocycles. The largest absolute Gasteiger partial charge is 0.462 e. The van der Waals surface area contributed by atoms with Gasteiger partial charge in [-0.2, -0.15) is 5.10 Å². The number of para-hydroxylation sites is 1. The van der Waals surface area contributed by atoms with Gasteiger partial charge in [-0.25, -0.2) is 14.5 Å². The minimum absolute atomic E-state index is 0.314. The summed E-state index contributed by atoms with van der Waals surface area (Å²) in [4.78, 5) is 17.0. The molecule has 26 heavy (non-hydrogen) atoms. The first-order valence-corrected chi connectivity index (χ1v) is 8.44. The van der Waals surface area contributed by atoms with E-state index in [0.717, 1.165) is 22.2 Å². The van der Waals surface area contributed by atoms with Crippen molar-refractivity contribution in [2.24, 2.45) is 0 Å². The van der Waals surface area contributed by atoms with Crippen LogP contribution < -0.4 is 0 Å². The van der Waals surface area contributed by atoms with Gasteiger partial charge in [-0.1, -0.05) is 48.5 Å². The predicted molar refractivity (Wildman–Crippen MR) is 100 cm³/mol. The van der Waals surface area contributed by atoms with Crippen molar-refractivity contribution in [2.45, 2.75) is 6.92 Å². The molecular formula is C21H17N3O2. The Hall–Kier alpha value is -3.47. The van der Waals surface area contributed by atoms with Gasteiger partial charge in [0.1, 0.15) is 0 Å². The number of carbonyl (C=O) groups is 1. The summed E-state index contributed by atoms with van der Waals surface area (Å²) in [5.74, 6) is -0.381. The van der Waals surface area contributed by atoms with Crippen LogP contribution in [0.3, 0.4) is 0 Å². The van der Waals surface area contributed by atoms with E-state index in [-0.39, 0.29) is 5.97 Å². The molecule has 0 fully saturated rings. The zero-order chi connectivity index (χ0) is 17.9. The molecule has 0 aliphatic rings. The molecule has 2 aromatic carbocycles. The average molecular weight is 343 g/mol. The number of fused-ring (bicyclic) bond motifs is 1. The van der Waals surface area contributed by atoms with Crippen LogP contribution in [-0.4, -0.2) is 27.3 Å². The first-order valence-electron chi connectivity index (χ1n) is 8.44. The highest BCUT2D eigenvalue weighted by Crippen LogP contribution is 2.32. The van der Waals surface area contributed by atoms with Crippen LogP contribution in [0, 0.1) is 0 Å². The van der Waals surface area contributed by atoms with E-state index in [2.05, 4.69) is 10.1 Å². The zero-order valence-electron chi connectivity index (χ0n) is 14.3. The Morgan fingerprint density at radius 1 is 1.00 bits per heavy atom. The summed E-state index contributed by atoms with van der Waals surface area (Å²) >= 11 is 0. The molecule has 4 rings (SSSR count). The van der Waals surface area contributed by atoms with Gasteiger partial charge >= 0.3 is 5.97 Å². The lowest BCUT2D eigenvalue weighted by Gasteiger charge is -2.11. The second-order valence-corrected chi connectivity index (χ2v) is 5.76. The molecule has 0 aliphatic heterocycles. The normalized spacial score (nSPS) is 10.8. The van der Waals surface area contributed by atoms with Crippen molar-refractivity contribution in [1.82, 2.24) is 14.8 Å². The van der Waals surface area contributed by atoms with E-state index in [1.54, 1.807) is 24.0 Å². The molecule has 2 aromatic heterocycles. The minimum Gasteiger partial charge on any atom is -0.462 e. The zero-order valence-corrected chi connectivity index (χ0v) is 14.3. The highest BCUT2D eigenvalue weighted by atomic mass is 16.5. The quantitative estimate of drug-likeness (QED) is 0.519. The van der Waals surface area contributed by atoms with Crippen LogP contribution in [0.25, 0.3) is 27.8 Å². The Bertz CT molecular complexity index is 1060. The molecule has 5 nitrogen and oxygen atoms in total. The van der Waals surface area contributed by atoms with Gasteiger partial charge < -0.3 is 4.74 Å². The lowest BCUT2D eigenvalue weighted by molar-refractivity contribution is 0.0527. The highest BCUT2D eigenvalue weighted by Gasteiger charge is 2.20. The van der Waals surface area contributed by atoms with Crippen LogP contribution in [-0.2, 0) is 4.74 Å². The Kier molecular flexibility index (Phi) is 4.19. The fourth-order valence-electron chi connectivity index (χ4n) is 3.02. The SMILES string of the molecule is CCOC(=O)c1cnc2c(cnn2-c2ccccc2)c1-c1ccccc1. The van der Waals surface area contributed by atoms with E-state index in [1.165, 1.54) is 0 Å². The number of rotatable bonds is 4. The summed E-state index contributed by atoms with van der Waals surface area (Å²) in [5, 5.41) is 5.31. The molecule has 0 bridgehead atoms. The predicted octanol–water partition coefficient (Wildman–Crippen LogP) is 4.26. The molecule has 0 atom stereocenters. The molecule has 0 spiro atoms. The summed E-state index contributed by atoms with van der Waals surface area (Å²) < 4.78 is 7.00. The van der Waals surface area contributed by atoms with Crippen molar-refractivity contribution in [3.8, 4) is 16.8 Å². The standard InChI is InChI=1S/C21H17N3O2/c1-2-26-21(25)18-13-22-20-17(19(18)15-9-5-3-6-10-15)14-23-24(20)16-11-7-4-8-12-16/h3-14H,2H2,1H3. The van der Waals surface area contributed by atoms with Crippen molar-refractivity contribution < 1.29 is 9.53 Å². The van der Waals surface area contributed by atoms with Crippen LogP contribution in [0.5, 0.6) is 0 Å². The smallest absolute Gasteiger partial charge is 0.340 e. The molecule has 0 N–H and O–H groups in total. The van der Waals surface area contributed by atoms with Crippen LogP contribution in [0.2, 0.25) is 0 Å². The Balaban J connectivity index is 1.98. The summed E-state index contributed by atoms with van der Waals surface area (Å²) in [6.45, 7) is 2.11. The van der Waals surface area contributed by atoms with Gasteiger partial charge in [0.05, 0.1) is 24.1 Å². The lowest BCUT2D eigenvalue weighted by atomic mass is 9.99. The van der Waals surface area contributed by atoms with Crippen molar-refractivity contribution >= 4 is 17.0 Å². The van der Waals surface area contributed by atoms with Gasteiger partial charge in [-0.3, -0.25) is 0 Å². The average Bonchev–Trinajstić information content (AvgIpc) is 3.13. The van der Waals surface area contributed by atoms with E-state index in [9.17, 15) is 4.79 Å². The highest BCUT2D eigenvalue weighted by molar-refractivity contribution is 6.06. The Morgan fingerprint density at radius 3 is 2.38 bits per heavy atom. The van der Waals surface area contributed by atoms with E-state index in [1.807, 2.05) is 60.7 Å². The summed E-state index contributed by atoms with van der Waals surface area (Å²) in [7, 11) is 0. The molecule has 0 aliphatic carbocycles. The lowest BCUT2D eigenvalue weighted by Crippen LogP contribution is -2.08. The van der Waals surface area contributed by atoms with E-state index >= 15 is 0 Å². The monoisotopic (exact) mass is 343 g/mol. The van der Waals surface area contributed by atoms with E-state index < -0.39 is 0 Å². The topological polar surface area (TPSA) is 57.0 Å². The van der Waals surface area contributed by atoms with Crippen LogP contribution in [0.1, 0.15) is 17.3 Å². The Morgan fingerprint density at radius 2 is 1.69 bits per heavy atom. The number of pyridine rings is 1. The molecule has 128 valence electrons. The fourth-order valence-corrected chi connectivity index (χ4v) is 3.02. The van der Waals surface area contributed by atoms with Gasteiger partial charge in [0.2, 0.25) is 0 Å². The second-order valence-electron chi connectivity index (χ2n) is 5.76. The number of hydrogen-bond acceptors (Lipinski definition) is 4. The summed E-state index contributed by atoms with van der Waals surface area (Å²) in [6.07, 6.45) is 3.32. The maximum atomic E-state index is 12.5. The molecule has 4 aromatic rings. The van der Waals surface area contributed by atoms with Crippen molar-refractivity contribution in [3.05, 3.63) is 78.6 Å². The molecule has 0 unspecified atom stereocenters. The minimum atomic E-state index is -0.381. The third kappa shape index (κ3) is 2.73. The van der Waals surface area contributed by atoms with Gasteiger partial charge in [-0.05, 0) is 24.6 Å². The number of nitrogens with zero attached hydrogens (tertiary/aromatic N) is 3. The Labute approximate surface area is 150 Å². The number of benzene rings is 2. The number of carbonyl (C=O) groups excluding carboxylic acids is 1. The van der Waals surface area contributed by atoms with Crippen LogP contribution >= 0.6 is 0 Å². The molecule has 0 radical (unpaired) electrons. The molecule has 0 amide bonds. The third-order valence-corrected chi connectivity index (χ3v) is 4.16. The molecule has 0 saturated carbocycles. The van der Waals surface area contributed by atoms with Crippen molar-refractivity contribution in [1.29, 1.82) is 0 Å². The number of ether oxygens (including phenoxy) is 1. The third-order valence-electron chi connectivity index (χ3n) is 4.16. The number of esters is 1. The maximum absolute atomic E-state index is 12.5. The van der Waals surface area contributed by atoms with Crippen molar-refractivity contribution in [3.63, 3.8) is 0 Å². The fraction of sp³-hybridized carbons (Fsp3) is 0.0952. The van der Waals surface area contributed by atoms with Crippen LogP contribution in [0.15, 0.2) is 73.1 Å². The number of aromatic nitrogens is 3. The van der Waals surface area contributed by atoms with E-state index in [0.29, 0.717) is 17.8 Å². The van der Waals surface area contributed by atoms with Crippen LogP contribution in [0.4, 0.5) is 0 Å². The van der Waals surface area contributed by atoms with Crippen molar-refractivity contribution in [2.75, 3.05) is 6.61 Å². The first-order chi connectivity index (χ1) is 12.8. The van der Waals surface area contributed by atoms with Gasteiger partial charge in [0, 0.05) is 17.1 Å². The van der Waals surface area contributed by atoms with Gasteiger partial charge in [-0.15, -0.1) is 0 Å². The van der Waals surface area contributed by atoms with Gasteiger partial charge in [0.25, 0.3) is 0 Å². The summed E-state index contributed by atoms with van der Waals surface area (Å²) in [6, 6.07) is 19.6. The first kappa shape index (κ1) is 16.0.